The fourth-order valence-corrected chi connectivity index (χ4v) is 2.83. The summed E-state index contributed by atoms with van der Waals surface area (Å²) in [6.45, 7) is 2.06. The lowest BCUT2D eigenvalue weighted by Gasteiger charge is -2.24. The molecule has 1 N–H and O–H groups in total. The Balaban J connectivity index is 2.28. The Morgan fingerprint density at radius 3 is 2.94 bits per heavy atom. The molecule has 0 amide bonds. The number of aliphatic carboxylic acids is 1. The van der Waals surface area contributed by atoms with Crippen LogP contribution in [0.15, 0.2) is 12.4 Å². The zero-order valence-corrected chi connectivity index (χ0v) is 10.3. The van der Waals surface area contributed by atoms with Gasteiger partial charge in [0.25, 0.3) is 0 Å². The minimum atomic E-state index is -0.660. The smallest absolute Gasteiger partial charge is 0.308 e. The molecular weight excluding hydrogens is 216 g/mol. The van der Waals surface area contributed by atoms with Gasteiger partial charge in [-0.1, -0.05) is 26.2 Å². The summed E-state index contributed by atoms with van der Waals surface area (Å²) in [5.74, 6) is 0.0906. The van der Waals surface area contributed by atoms with Crippen LogP contribution in [0.25, 0.3) is 0 Å². The fourth-order valence-electron chi connectivity index (χ4n) is 2.83. The maximum atomic E-state index is 11.4. The number of hydrogen-bond acceptors (Lipinski definition) is 2. The molecule has 2 atom stereocenters. The van der Waals surface area contributed by atoms with E-state index in [2.05, 4.69) is 16.5 Å². The number of nitrogens with zero attached hydrogens (tertiary/aromatic N) is 2. The summed E-state index contributed by atoms with van der Waals surface area (Å²) < 4.78 is 2.09. The maximum Gasteiger partial charge on any atom is 0.308 e. The Bertz CT molecular complexity index is 387. The van der Waals surface area contributed by atoms with E-state index in [-0.39, 0.29) is 12.0 Å². The second-order valence-electron chi connectivity index (χ2n) is 4.75. The fraction of sp³-hybridized carbons (Fsp3) is 0.692. The lowest BCUT2D eigenvalue weighted by molar-refractivity contribution is -0.143. The molecule has 1 aliphatic carbocycles. The van der Waals surface area contributed by atoms with Gasteiger partial charge < -0.3 is 9.67 Å². The maximum absolute atomic E-state index is 11.4. The first kappa shape index (κ1) is 12.1. The van der Waals surface area contributed by atoms with Crippen molar-refractivity contribution >= 4 is 5.97 Å². The van der Waals surface area contributed by atoms with Crippen LogP contribution in [0, 0.1) is 5.92 Å². The second-order valence-corrected chi connectivity index (χ2v) is 4.75. The van der Waals surface area contributed by atoms with Gasteiger partial charge in [-0.2, -0.15) is 0 Å². The molecule has 1 aromatic heterocycles. The predicted octanol–water partition coefficient (Wildman–Crippen LogP) is 2.65. The molecule has 1 heterocycles. The van der Waals surface area contributed by atoms with Gasteiger partial charge >= 0.3 is 5.97 Å². The van der Waals surface area contributed by atoms with Crippen molar-refractivity contribution in [1.82, 2.24) is 9.55 Å². The normalized spacial score (nSPS) is 25.5. The predicted molar refractivity (Wildman–Crippen MR) is 64.9 cm³/mol. The highest BCUT2D eigenvalue weighted by Gasteiger charge is 2.31. The first-order valence-corrected chi connectivity index (χ1v) is 6.48. The molecule has 1 aromatic rings. The van der Waals surface area contributed by atoms with E-state index in [1.165, 1.54) is 0 Å². The molecule has 0 radical (unpaired) electrons. The monoisotopic (exact) mass is 236 g/mol. The van der Waals surface area contributed by atoms with Crippen LogP contribution in [0.3, 0.4) is 0 Å². The summed E-state index contributed by atoms with van der Waals surface area (Å²) in [6, 6.07) is 0.0902. The standard InChI is InChI=1S/C13H20N2O2/c1-2-12-14-8-9-15(12)11-7-5-3-4-6-10(11)13(16)17/h8-11H,2-7H2,1H3,(H,16,17). The Kier molecular flexibility index (Phi) is 3.82. The Labute approximate surface area is 102 Å². The Hall–Kier alpha value is -1.32. The van der Waals surface area contributed by atoms with E-state index in [4.69, 9.17) is 0 Å². The van der Waals surface area contributed by atoms with E-state index >= 15 is 0 Å². The highest BCUT2D eigenvalue weighted by Crippen LogP contribution is 2.33. The van der Waals surface area contributed by atoms with E-state index in [0.29, 0.717) is 0 Å². The third-order valence-corrected chi connectivity index (χ3v) is 3.72. The van der Waals surface area contributed by atoms with Gasteiger partial charge in [0.2, 0.25) is 0 Å². The molecular formula is C13H20N2O2. The first-order chi connectivity index (χ1) is 8.24. The van der Waals surface area contributed by atoms with Crippen LogP contribution in [-0.2, 0) is 11.2 Å². The average molecular weight is 236 g/mol. The van der Waals surface area contributed by atoms with Gasteiger partial charge in [-0.05, 0) is 12.8 Å². The quantitative estimate of drug-likeness (QED) is 0.821. The third-order valence-electron chi connectivity index (χ3n) is 3.72. The summed E-state index contributed by atoms with van der Waals surface area (Å²) in [6.07, 6.45) is 9.63. The summed E-state index contributed by atoms with van der Waals surface area (Å²) in [5, 5.41) is 9.36. The van der Waals surface area contributed by atoms with Crippen LogP contribution in [0.4, 0.5) is 0 Å². The van der Waals surface area contributed by atoms with E-state index < -0.39 is 5.97 Å². The van der Waals surface area contributed by atoms with Crippen molar-refractivity contribution in [2.75, 3.05) is 0 Å². The Morgan fingerprint density at radius 1 is 1.47 bits per heavy atom. The van der Waals surface area contributed by atoms with Crippen molar-refractivity contribution in [3.8, 4) is 0 Å². The van der Waals surface area contributed by atoms with E-state index in [0.717, 1.165) is 44.3 Å². The van der Waals surface area contributed by atoms with Gasteiger partial charge in [0.1, 0.15) is 5.82 Å². The summed E-state index contributed by atoms with van der Waals surface area (Å²) in [7, 11) is 0. The number of aromatic nitrogens is 2. The molecule has 0 aliphatic heterocycles. The van der Waals surface area contributed by atoms with Crippen molar-refractivity contribution < 1.29 is 9.90 Å². The molecule has 2 rings (SSSR count). The molecule has 0 saturated heterocycles. The molecule has 4 nitrogen and oxygen atoms in total. The third kappa shape index (κ3) is 2.51. The summed E-state index contributed by atoms with van der Waals surface area (Å²) >= 11 is 0. The number of imidazole rings is 1. The number of aryl methyl sites for hydroxylation is 1. The average Bonchev–Trinajstić information content (AvgIpc) is 2.64. The van der Waals surface area contributed by atoms with E-state index in [9.17, 15) is 9.90 Å². The molecule has 1 fully saturated rings. The van der Waals surface area contributed by atoms with Crippen LogP contribution >= 0.6 is 0 Å². The summed E-state index contributed by atoms with van der Waals surface area (Å²) in [4.78, 5) is 15.7. The number of carbonyl (C=O) groups is 1. The van der Waals surface area contributed by atoms with Crippen molar-refractivity contribution in [2.24, 2.45) is 5.92 Å². The SMILES string of the molecule is CCc1nccn1C1CCCCCC1C(=O)O. The highest BCUT2D eigenvalue weighted by molar-refractivity contribution is 5.70. The van der Waals surface area contributed by atoms with Gasteiger partial charge in [-0.15, -0.1) is 0 Å². The number of carboxylic acid groups (broad SMARTS) is 1. The van der Waals surface area contributed by atoms with Crippen LogP contribution < -0.4 is 0 Å². The van der Waals surface area contributed by atoms with Crippen molar-refractivity contribution in [3.05, 3.63) is 18.2 Å². The van der Waals surface area contributed by atoms with Gasteiger partial charge in [-0.3, -0.25) is 4.79 Å². The van der Waals surface area contributed by atoms with Crippen molar-refractivity contribution in [2.45, 2.75) is 51.5 Å². The van der Waals surface area contributed by atoms with E-state index in [1.807, 2.05) is 6.20 Å². The first-order valence-electron chi connectivity index (χ1n) is 6.48. The largest absolute Gasteiger partial charge is 0.481 e. The molecule has 17 heavy (non-hydrogen) atoms. The van der Waals surface area contributed by atoms with E-state index in [1.54, 1.807) is 6.20 Å². The van der Waals surface area contributed by atoms with Crippen LogP contribution in [-0.4, -0.2) is 20.6 Å². The summed E-state index contributed by atoms with van der Waals surface area (Å²) in [5.41, 5.74) is 0. The van der Waals surface area contributed by atoms with Crippen LogP contribution in [0.5, 0.6) is 0 Å². The number of carboxylic acids is 1. The molecule has 4 heteroatoms. The van der Waals surface area contributed by atoms with Gasteiger partial charge in [0, 0.05) is 24.9 Å². The van der Waals surface area contributed by atoms with Gasteiger partial charge in [0.05, 0.1) is 5.92 Å². The zero-order chi connectivity index (χ0) is 12.3. The molecule has 0 spiro atoms. The lowest BCUT2D eigenvalue weighted by Crippen LogP contribution is -2.26. The van der Waals surface area contributed by atoms with Gasteiger partial charge in [-0.25, -0.2) is 4.98 Å². The molecule has 1 aliphatic rings. The van der Waals surface area contributed by atoms with Crippen LogP contribution in [0.2, 0.25) is 0 Å². The zero-order valence-electron chi connectivity index (χ0n) is 10.3. The van der Waals surface area contributed by atoms with Crippen LogP contribution in [0.1, 0.15) is 50.9 Å². The lowest BCUT2D eigenvalue weighted by atomic mass is 9.94. The van der Waals surface area contributed by atoms with Crippen molar-refractivity contribution in [3.63, 3.8) is 0 Å². The highest BCUT2D eigenvalue weighted by atomic mass is 16.4. The topological polar surface area (TPSA) is 55.1 Å². The minimum Gasteiger partial charge on any atom is -0.481 e. The second kappa shape index (κ2) is 5.34. The number of hydrogen-bond donors (Lipinski definition) is 1. The van der Waals surface area contributed by atoms with Crippen molar-refractivity contribution in [1.29, 1.82) is 0 Å². The molecule has 94 valence electrons. The number of rotatable bonds is 3. The molecule has 0 aromatic carbocycles. The molecule has 1 saturated carbocycles. The Morgan fingerprint density at radius 2 is 2.24 bits per heavy atom. The minimum absolute atomic E-state index is 0.0902. The van der Waals surface area contributed by atoms with Gasteiger partial charge in [0.15, 0.2) is 0 Å². The molecule has 0 bridgehead atoms. The molecule has 2 unspecified atom stereocenters.